The van der Waals surface area contributed by atoms with Crippen LogP contribution < -0.4 is 0 Å². The zero-order valence-corrected chi connectivity index (χ0v) is 13.1. The van der Waals surface area contributed by atoms with Crippen LogP contribution in [0.3, 0.4) is 0 Å². The number of hydrogen-bond donors (Lipinski definition) is 1. The quantitative estimate of drug-likeness (QED) is 0.855. The van der Waals surface area contributed by atoms with E-state index in [-0.39, 0.29) is 18.9 Å². The Morgan fingerprint density at radius 3 is 2.59 bits per heavy atom. The molecule has 1 aromatic carbocycles. The first-order valence-corrected chi connectivity index (χ1v) is 7.67. The maximum Gasteiger partial charge on any atom is 0.305 e. The number of nitrogens with zero attached hydrogens (tertiary/aromatic N) is 2. The Bertz CT molecular complexity index is 676. The summed E-state index contributed by atoms with van der Waals surface area (Å²) in [6.07, 6.45) is 0.897. The topological polar surface area (TPSA) is 62.5 Å². The van der Waals surface area contributed by atoms with E-state index in [4.69, 9.17) is 5.11 Å². The second-order valence-electron chi connectivity index (χ2n) is 5.27. The summed E-state index contributed by atoms with van der Waals surface area (Å²) in [6, 6.07) is 9.82. The molecule has 0 saturated heterocycles. The van der Waals surface area contributed by atoms with Crippen molar-refractivity contribution < 1.29 is 14.7 Å². The third-order valence-electron chi connectivity index (χ3n) is 3.74. The summed E-state index contributed by atoms with van der Waals surface area (Å²) in [7, 11) is 0. The molecule has 0 aliphatic heterocycles. The van der Waals surface area contributed by atoms with Crippen molar-refractivity contribution in [3.05, 3.63) is 36.0 Å². The van der Waals surface area contributed by atoms with Crippen LogP contribution in [0.25, 0.3) is 10.9 Å². The predicted molar refractivity (Wildman–Crippen MR) is 86.1 cm³/mol. The molecule has 1 amide bonds. The van der Waals surface area contributed by atoms with E-state index in [0.717, 1.165) is 23.9 Å². The van der Waals surface area contributed by atoms with Crippen LogP contribution in [-0.4, -0.2) is 39.5 Å². The Kier molecular flexibility index (Phi) is 5.20. The molecule has 0 radical (unpaired) electrons. The lowest BCUT2D eigenvalue weighted by Gasteiger charge is -2.21. The molecule has 2 rings (SSSR count). The zero-order valence-electron chi connectivity index (χ0n) is 13.1. The molecule has 0 fully saturated rings. The summed E-state index contributed by atoms with van der Waals surface area (Å²) in [5.41, 5.74) is 1.68. The fourth-order valence-electron chi connectivity index (χ4n) is 2.65. The van der Waals surface area contributed by atoms with Crippen molar-refractivity contribution in [2.45, 2.75) is 33.2 Å². The normalized spacial score (nSPS) is 10.8. The van der Waals surface area contributed by atoms with Crippen molar-refractivity contribution in [2.24, 2.45) is 0 Å². The van der Waals surface area contributed by atoms with Crippen LogP contribution in [0.1, 0.15) is 37.2 Å². The number of carbonyl (C=O) groups is 2. The third kappa shape index (κ3) is 3.30. The minimum absolute atomic E-state index is 0.0341. The van der Waals surface area contributed by atoms with Crippen LogP contribution in [0.4, 0.5) is 0 Å². The summed E-state index contributed by atoms with van der Waals surface area (Å²) in [4.78, 5) is 25.1. The monoisotopic (exact) mass is 302 g/mol. The standard InChI is InChI=1S/C17H22N2O3/c1-3-10-19-14-8-6-5-7-13(14)12-15(19)17(22)18(4-2)11-9-16(20)21/h5-8,12H,3-4,9-11H2,1-2H3,(H,20,21). The van der Waals surface area contributed by atoms with Crippen molar-refractivity contribution in [1.29, 1.82) is 0 Å². The highest BCUT2D eigenvalue weighted by Gasteiger charge is 2.20. The largest absolute Gasteiger partial charge is 0.481 e. The van der Waals surface area contributed by atoms with Crippen molar-refractivity contribution in [1.82, 2.24) is 9.47 Å². The Hall–Kier alpha value is -2.30. The lowest BCUT2D eigenvalue weighted by atomic mass is 10.2. The van der Waals surface area contributed by atoms with Crippen LogP contribution in [0.5, 0.6) is 0 Å². The maximum atomic E-state index is 12.8. The van der Waals surface area contributed by atoms with Gasteiger partial charge in [-0.2, -0.15) is 0 Å². The molecule has 0 unspecified atom stereocenters. The van der Waals surface area contributed by atoms with Crippen molar-refractivity contribution in [3.8, 4) is 0 Å². The first-order valence-electron chi connectivity index (χ1n) is 7.67. The highest BCUT2D eigenvalue weighted by Crippen LogP contribution is 2.21. The second kappa shape index (κ2) is 7.11. The second-order valence-corrected chi connectivity index (χ2v) is 5.27. The van der Waals surface area contributed by atoms with Crippen molar-refractivity contribution in [2.75, 3.05) is 13.1 Å². The molecule has 1 N–H and O–H groups in total. The minimum Gasteiger partial charge on any atom is -0.481 e. The number of fused-ring (bicyclic) bond motifs is 1. The highest BCUT2D eigenvalue weighted by atomic mass is 16.4. The van der Waals surface area contributed by atoms with Gasteiger partial charge in [0.05, 0.1) is 6.42 Å². The van der Waals surface area contributed by atoms with Gasteiger partial charge in [0.2, 0.25) is 0 Å². The number of benzene rings is 1. The van der Waals surface area contributed by atoms with Gasteiger partial charge in [0, 0.05) is 30.5 Å². The van der Waals surface area contributed by atoms with Gasteiger partial charge >= 0.3 is 5.97 Å². The van der Waals surface area contributed by atoms with Gasteiger partial charge in [-0.1, -0.05) is 25.1 Å². The Balaban J connectivity index is 2.36. The van der Waals surface area contributed by atoms with Gasteiger partial charge in [-0.3, -0.25) is 9.59 Å². The van der Waals surface area contributed by atoms with Gasteiger partial charge in [-0.05, 0) is 25.5 Å². The van der Waals surface area contributed by atoms with E-state index in [1.165, 1.54) is 0 Å². The molecule has 22 heavy (non-hydrogen) atoms. The number of aryl methyl sites for hydroxylation is 1. The van der Waals surface area contributed by atoms with Crippen LogP contribution in [0.2, 0.25) is 0 Å². The minimum atomic E-state index is -0.889. The average molecular weight is 302 g/mol. The lowest BCUT2D eigenvalue weighted by Crippen LogP contribution is -2.34. The number of aromatic nitrogens is 1. The van der Waals surface area contributed by atoms with E-state index in [1.54, 1.807) is 4.90 Å². The van der Waals surface area contributed by atoms with Gasteiger partial charge in [-0.25, -0.2) is 0 Å². The van der Waals surface area contributed by atoms with E-state index < -0.39 is 5.97 Å². The smallest absolute Gasteiger partial charge is 0.305 e. The number of carboxylic acid groups (broad SMARTS) is 1. The van der Waals surface area contributed by atoms with Gasteiger partial charge in [0.15, 0.2) is 0 Å². The number of aliphatic carboxylic acids is 1. The number of hydrogen-bond acceptors (Lipinski definition) is 2. The number of rotatable bonds is 7. The number of para-hydroxylation sites is 1. The molecule has 0 atom stereocenters. The van der Waals surface area contributed by atoms with E-state index in [2.05, 4.69) is 6.92 Å². The first-order chi connectivity index (χ1) is 10.6. The Morgan fingerprint density at radius 1 is 1.23 bits per heavy atom. The lowest BCUT2D eigenvalue weighted by molar-refractivity contribution is -0.137. The van der Waals surface area contributed by atoms with Gasteiger partial charge in [0.25, 0.3) is 5.91 Å². The Morgan fingerprint density at radius 2 is 1.95 bits per heavy atom. The van der Waals surface area contributed by atoms with Crippen LogP contribution in [0.15, 0.2) is 30.3 Å². The fourth-order valence-corrected chi connectivity index (χ4v) is 2.65. The molecule has 0 spiro atoms. The summed E-state index contributed by atoms with van der Waals surface area (Å²) in [6.45, 7) is 5.45. The predicted octanol–water partition coefficient (Wildman–Crippen LogP) is 2.99. The Labute approximate surface area is 130 Å². The van der Waals surface area contributed by atoms with Gasteiger partial charge in [-0.15, -0.1) is 0 Å². The summed E-state index contributed by atoms with van der Waals surface area (Å²) in [5.74, 6) is -0.992. The van der Waals surface area contributed by atoms with Crippen molar-refractivity contribution >= 4 is 22.8 Å². The molecule has 5 heteroatoms. The molecule has 0 saturated carbocycles. The maximum absolute atomic E-state index is 12.8. The van der Waals surface area contributed by atoms with E-state index >= 15 is 0 Å². The summed E-state index contributed by atoms with van der Waals surface area (Å²) in [5, 5.41) is 9.86. The van der Waals surface area contributed by atoms with Crippen LogP contribution in [-0.2, 0) is 11.3 Å². The number of carbonyl (C=O) groups excluding carboxylic acids is 1. The van der Waals surface area contributed by atoms with E-state index in [9.17, 15) is 9.59 Å². The molecule has 1 aromatic heterocycles. The highest BCUT2D eigenvalue weighted by molar-refractivity contribution is 5.98. The third-order valence-corrected chi connectivity index (χ3v) is 3.74. The van der Waals surface area contributed by atoms with Gasteiger partial charge in [0.1, 0.15) is 5.69 Å². The molecule has 118 valence electrons. The molecule has 0 aliphatic carbocycles. The van der Waals surface area contributed by atoms with E-state index in [0.29, 0.717) is 12.2 Å². The molecule has 0 aliphatic rings. The van der Waals surface area contributed by atoms with Crippen LogP contribution in [0, 0.1) is 0 Å². The van der Waals surface area contributed by atoms with Crippen LogP contribution >= 0.6 is 0 Å². The van der Waals surface area contributed by atoms with E-state index in [1.807, 2.05) is 41.8 Å². The SMILES string of the molecule is CCCn1c(C(=O)N(CC)CCC(=O)O)cc2ccccc21. The van der Waals surface area contributed by atoms with Crippen molar-refractivity contribution in [3.63, 3.8) is 0 Å². The molecular formula is C17H22N2O3. The molecule has 5 nitrogen and oxygen atoms in total. The molecule has 1 heterocycles. The summed E-state index contributed by atoms with van der Waals surface area (Å²) >= 11 is 0. The molecule has 0 bridgehead atoms. The fraction of sp³-hybridized carbons (Fsp3) is 0.412. The average Bonchev–Trinajstić information content (AvgIpc) is 2.87. The van der Waals surface area contributed by atoms with Gasteiger partial charge < -0.3 is 14.6 Å². The zero-order chi connectivity index (χ0) is 16.1. The first kappa shape index (κ1) is 16.1. The number of carboxylic acids is 1. The molecular weight excluding hydrogens is 280 g/mol. The summed E-state index contributed by atoms with van der Waals surface area (Å²) < 4.78 is 2.03. The number of amides is 1. The molecule has 2 aromatic rings.